The first kappa shape index (κ1) is 13.4. The van der Waals surface area contributed by atoms with Gasteiger partial charge in [0.1, 0.15) is 5.38 Å². The summed E-state index contributed by atoms with van der Waals surface area (Å²) in [5, 5.41) is 3.95. The Morgan fingerprint density at radius 1 is 1.53 bits per heavy atom. The van der Waals surface area contributed by atoms with Crippen LogP contribution in [0.1, 0.15) is 18.1 Å². The summed E-state index contributed by atoms with van der Waals surface area (Å²) in [5.74, 6) is -0.521. The Labute approximate surface area is 105 Å². The van der Waals surface area contributed by atoms with Gasteiger partial charge in [0, 0.05) is 18.9 Å². The van der Waals surface area contributed by atoms with Crippen molar-refractivity contribution < 1.29 is 9.59 Å². The lowest BCUT2D eigenvalue weighted by molar-refractivity contribution is -0.119. The third-order valence-electron chi connectivity index (χ3n) is 2.18. The Morgan fingerprint density at radius 3 is 2.82 bits per heavy atom. The monoisotopic (exact) mass is 255 g/mol. The quantitative estimate of drug-likeness (QED) is 0.801. The highest BCUT2D eigenvalue weighted by Crippen LogP contribution is 2.03. The molecule has 1 atom stereocenters. The van der Waals surface area contributed by atoms with Crippen molar-refractivity contribution in [1.29, 1.82) is 0 Å². The van der Waals surface area contributed by atoms with Crippen molar-refractivity contribution in [1.82, 2.24) is 15.6 Å². The van der Waals surface area contributed by atoms with E-state index in [0.717, 1.165) is 11.1 Å². The van der Waals surface area contributed by atoms with Crippen LogP contribution in [0.25, 0.3) is 0 Å². The maximum Gasteiger partial charge on any atom is 0.321 e. The minimum absolute atomic E-state index is 0.315. The number of carbonyl (C=O) groups excluding carboxylic acids is 2. The number of alkyl halides is 1. The summed E-state index contributed by atoms with van der Waals surface area (Å²) in [6.45, 7) is 3.73. The molecule has 0 spiro atoms. The molecule has 5 nitrogen and oxygen atoms in total. The minimum Gasteiger partial charge on any atom is -0.334 e. The molecule has 1 heterocycles. The Hall–Kier alpha value is -1.62. The largest absolute Gasteiger partial charge is 0.334 e. The standard InChI is InChI=1S/C11H14ClN3O2/c1-7-3-4-13-5-9(7)6-14-11(17)15-10(16)8(2)12/h3-5,8H,6H2,1-2H3,(H2,14,15,16,17). The number of rotatable bonds is 3. The minimum atomic E-state index is -0.735. The second-order valence-corrected chi connectivity index (χ2v) is 4.24. The van der Waals surface area contributed by atoms with E-state index in [9.17, 15) is 9.59 Å². The number of amides is 3. The summed E-state index contributed by atoms with van der Waals surface area (Å²) < 4.78 is 0. The third kappa shape index (κ3) is 4.40. The van der Waals surface area contributed by atoms with E-state index in [1.54, 1.807) is 12.4 Å². The molecule has 3 amide bonds. The maximum atomic E-state index is 11.3. The lowest BCUT2D eigenvalue weighted by Gasteiger charge is -2.08. The zero-order chi connectivity index (χ0) is 12.8. The number of pyridine rings is 1. The summed E-state index contributed by atoms with van der Waals surface area (Å²) in [7, 11) is 0. The maximum absolute atomic E-state index is 11.3. The van der Waals surface area contributed by atoms with Crippen LogP contribution in [0.15, 0.2) is 18.5 Å². The Morgan fingerprint density at radius 2 is 2.24 bits per heavy atom. The summed E-state index contributed by atoms with van der Waals surface area (Å²) in [5.41, 5.74) is 1.92. The van der Waals surface area contributed by atoms with Crippen LogP contribution in [0, 0.1) is 6.92 Å². The number of aryl methyl sites for hydroxylation is 1. The third-order valence-corrected chi connectivity index (χ3v) is 2.38. The van der Waals surface area contributed by atoms with Crippen LogP contribution in [0.5, 0.6) is 0 Å². The van der Waals surface area contributed by atoms with E-state index in [1.165, 1.54) is 6.92 Å². The van der Waals surface area contributed by atoms with Crippen LogP contribution < -0.4 is 10.6 Å². The van der Waals surface area contributed by atoms with Gasteiger partial charge < -0.3 is 5.32 Å². The van der Waals surface area contributed by atoms with Crippen LogP contribution in [0.2, 0.25) is 0 Å². The predicted molar refractivity (Wildman–Crippen MR) is 64.7 cm³/mol. The molecular formula is C11H14ClN3O2. The van der Waals surface area contributed by atoms with Crippen LogP contribution in [0.3, 0.4) is 0 Å². The Bertz CT molecular complexity index is 421. The van der Waals surface area contributed by atoms with Gasteiger partial charge >= 0.3 is 6.03 Å². The number of urea groups is 1. The molecule has 1 aromatic heterocycles. The van der Waals surface area contributed by atoms with Crippen molar-refractivity contribution in [2.24, 2.45) is 0 Å². The average Bonchev–Trinajstić information content (AvgIpc) is 2.27. The van der Waals surface area contributed by atoms with Gasteiger partial charge in [0.2, 0.25) is 5.91 Å². The van der Waals surface area contributed by atoms with Crippen molar-refractivity contribution in [2.45, 2.75) is 25.8 Å². The zero-order valence-electron chi connectivity index (χ0n) is 9.66. The van der Waals surface area contributed by atoms with Crippen molar-refractivity contribution >= 4 is 23.5 Å². The van der Waals surface area contributed by atoms with Crippen molar-refractivity contribution in [3.63, 3.8) is 0 Å². The number of hydrogen-bond donors (Lipinski definition) is 2. The van der Waals surface area contributed by atoms with Gasteiger partial charge in [0.15, 0.2) is 0 Å². The molecule has 92 valence electrons. The number of carbonyl (C=O) groups is 2. The first-order chi connectivity index (χ1) is 8.00. The number of hydrogen-bond acceptors (Lipinski definition) is 3. The molecule has 0 aliphatic rings. The lowest BCUT2D eigenvalue weighted by Crippen LogP contribution is -2.41. The van der Waals surface area contributed by atoms with Crippen molar-refractivity contribution in [3.8, 4) is 0 Å². The topological polar surface area (TPSA) is 71.1 Å². The second-order valence-electron chi connectivity index (χ2n) is 3.59. The van der Waals surface area contributed by atoms with Gasteiger partial charge in [0.25, 0.3) is 0 Å². The number of nitrogens with zero attached hydrogens (tertiary/aromatic N) is 1. The molecule has 1 unspecified atom stereocenters. The first-order valence-electron chi connectivity index (χ1n) is 5.13. The molecule has 1 rings (SSSR count). The summed E-state index contributed by atoms with van der Waals surface area (Å²) >= 11 is 5.51. The average molecular weight is 256 g/mol. The highest BCUT2D eigenvalue weighted by atomic mass is 35.5. The molecule has 0 aliphatic heterocycles. The second kappa shape index (κ2) is 6.20. The van der Waals surface area contributed by atoms with Crippen LogP contribution in [-0.2, 0) is 11.3 Å². The molecule has 0 bridgehead atoms. The Kier molecular flexibility index (Phi) is 4.90. The molecule has 0 radical (unpaired) electrons. The summed E-state index contributed by atoms with van der Waals surface area (Å²) in [6.07, 6.45) is 3.35. The van der Waals surface area contributed by atoms with Gasteiger partial charge in [-0.05, 0) is 31.0 Å². The van der Waals surface area contributed by atoms with Crippen LogP contribution >= 0.6 is 11.6 Å². The number of nitrogens with one attached hydrogen (secondary N) is 2. The van der Waals surface area contributed by atoms with Gasteiger partial charge in [0.05, 0.1) is 0 Å². The molecule has 0 aromatic carbocycles. The van der Waals surface area contributed by atoms with E-state index in [4.69, 9.17) is 11.6 Å². The van der Waals surface area contributed by atoms with Crippen LogP contribution in [-0.4, -0.2) is 22.3 Å². The normalized spacial score (nSPS) is 11.7. The SMILES string of the molecule is Cc1ccncc1CNC(=O)NC(=O)C(C)Cl. The van der Waals surface area contributed by atoms with Crippen molar-refractivity contribution in [3.05, 3.63) is 29.6 Å². The highest BCUT2D eigenvalue weighted by molar-refractivity contribution is 6.31. The fourth-order valence-electron chi connectivity index (χ4n) is 1.11. The van der Waals surface area contributed by atoms with Gasteiger partial charge in [-0.25, -0.2) is 4.79 Å². The summed E-state index contributed by atoms with van der Waals surface area (Å²) in [6, 6.07) is 1.28. The van der Waals surface area contributed by atoms with E-state index in [1.807, 2.05) is 13.0 Å². The molecule has 6 heteroatoms. The van der Waals surface area contributed by atoms with E-state index in [2.05, 4.69) is 15.6 Å². The van der Waals surface area contributed by atoms with Gasteiger partial charge in [-0.15, -0.1) is 11.6 Å². The summed E-state index contributed by atoms with van der Waals surface area (Å²) in [4.78, 5) is 26.4. The molecular weight excluding hydrogens is 242 g/mol. The number of aromatic nitrogens is 1. The van der Waals surface area contributed by atoms with E-state index in [-0.39, 0.29) is 0 Å². The van der Waals surface area contributed by atoms with E-state index < -0.39 is 17.3 Å². The smallest absolute Gasteiger partial charge is 0.321 e. The lowest BCUT2D eigenvalue weighted by atomic mass is 10.2. The number of imide groups is 1. The molecule has 0 aliphatic carbocycles. The van der Waals surface area contributed by atoms with E-state index >= 15 is 0 Å². The number of halogens is 1. The molecule has 0 saturated carbocycles. The van der Waals surface area contributed by atoms with Gasteiger partial charge in [-0.3, -0.25) is 15.1 Å². The molecule has 0 saturated heterocycles. The zero-order valence-corrected chi connectivity index (χ0v) is 10.4. The Balaban J connectivity index is 2.44. The molecule has 17 heavy (non-hydrogen) atoms. The van der Waals surface area contributed by atoms with Crippen LogP contribution in [0.4, 0.5) is 4.79 Å². The van der Waals surface area contributed by atoms with Gasteiger partial charge in [-0.2, -0.15) is 0 Å². The fraction of sp³-hybridized carbons (Fsp3) is 0.364. The first-order valence-corrected chi connectivity index (χ1v) is 5.56. The highest BCUT2D eigenvalue weighted by Gasteiger charge is 2.12. The fourth-order valence-corrected chi connectivity index (χ4v) is 1.17. The van der Waals surface area contributed by atoms with Crippen molar-refractivity contribution in [2.75, 3.05) is 0 Å². The molecule has 2 N–H and O–H groups in total. The predicted octanol–water partition coefficient (Wildman–Crippen LogP) is 1.34. The van der Waals surface area contributed by atoms with E-state index in [0.29, 0.717) is 6.54 Å². The molecule has 0 fully saturated rings. The molecule has 1 aromatic rings. The van der Waals surface area contributed by atoms with Gasteiger partial charge in [-0.1, -0.05) is 0 Å².